The second-order valence-electron chi connectivity index (χ2n) is 7.14. The predicted octanol–water partition coefficient (Wildman–Crippen LogP) is 3.25. The van der Waals surface area contributed by atoms with E-state index in [0.29, 0.717) is 13.2 Å². The van der Waals surface area contributed by atoms with Crippen molar-refractivity contribution in [2.75, 3.05) is 24.7 Å². The third-order valence-corrected chi connectivity index (χ3v) is 5.29. The Morgan fingerprint density at radius 1 is 1.14 bits per heavy atom. The van der Waals surface area contributed by atoms with Gasteiger partial charge in [0.05, 0.1) is 36.3 Å². The van der Waals surface area contributed by atoms with Gasteiger partial charge in [-0.2, -0.15) is 5.10 Å². The average Bonchev–Trinajstić information content (AvgIpc) is 3.36. The molecule has 142 valence electrons. The topological polar surface area (TPSA) is 71.9 Å². The van der Waals surface area contributed by atoms with Crippen molar-refractivity contribution in [2.45, 2.75) is 13.0 Å². The van der Waals surface area contributed by atoms with E-state index in [9.17, 15) is 0 Å². The van der Waals surface area contributed by atoms with Gasteiger partial charge in [0, 0.05) is 42.5 Å². The maximum Gasteiger partial charge on any atom is 0.226 e. The van der Waals surface area contributed by atoms with Crippen LogP contribution in [-0.2, 0) is 11.8 Å². The molecule has 5 rings (SSSR count). The van der Waals surface area contributed by atoms with E-state index in [1.54, 1.807) is 6.20 Å². The van der Waals surface area contributed by atoms with Crippen LogP contribution in [0.2, 0.25) is 0 Å². The Morgan fingerprint density at radius 2 is 2.04 bits per heavy atom. The van der Waals surface area contributed by atoms with Crippen molar-refractivity contribution in [1.29, 1.82) is 0 Å². The van der Waals surface area contributed by atoms with Crippen molar-refractivity contribution in [1.82, 2.24) is 24.7 Å². The summed E-state index contributed by atoms with van der Waals surface area (Å²) in [7, 11) is 1.93. The highest BCUT2D eigenvalue weighted by molar-refractivity contribution is 5.94. The van der Waals surface area contributed by atoms with Gasteiger partial charge in [0.1, 0.15) is 0 Å². The van der Waals surface area contributed by atoms with E-state index in [0.717, 1.165) is 46.0 Å². The third-order valence-electron chi connectivity index (χ3n) is 5.29. The summed E-state index contributed by atoms with van der Waals surface area (Å²) < 4.78 is 7.44. The molecule has 1 N–H and O–H groups in total. The largest absolute Gasteiger partial charge is 0.377 e. The molecule has 28 heavy (non-hydrogen) atoms. The number of rotatable bonds is 3. The van der Waals surface area contributed by atoms with Crippen LogP contribution in [0.25, 0.3) is 33.5 Å². The Balaban J connectivity index is 1.71. The number of ether oxygens (including phenoxy) is 1. The van der Waals surface area contributed by atoms with Crippen LogP contribution in [0.5, 0.6) is 0 Å². The molecule has 1 aliphatic heterocycles. The summed E-state index contributed by atoms with van der Waals surface area (Å²) in [6, 6.07) is 12.6. The Bertz CT molecular complexity index is 1130. The fraction of sp³-hybridized carbons (Fsp3) is 0.286. The lowest BCUT2D eigenvalue weighted by Gasteiger charge is -2.33. The predicted molar refractivity (Wildman–Crippen MR) is 109 cm³/mol. The van der Waals surface area contributed by atoms with Gasteiger partial charge in [0.25, 0.3) is 0 Å². The summed E-state index contributed by atoms with van der Waals surface area (Å²) >= 11 is 0. The molecule has 1 aromatic carbocycles. The van der Waals surface area contributed by atoms with Crippen molar-refractivity contribution < 1.29 is 4.74 Å². The molecule has 0 radical (unpaired) electrons. The van der Waals surface area contributed by atoms with E-state index in [4.69, 9.17) is 14.7 Å². The lowest BCUT2D eigenvalue weighted by molar-refractivity contribution is 0.0981. The van der Waals surface area contributed by atoms with E-state index in [2.05, 4.69) is 46.2 Å². The van der Waals surface area contributed by atoms with E-state index < -0.39 is 0 Å². The molecule has 1 aliphatic rings. The highest BCUT2D eigenvalue weighted by atomic mass is 16.5. The van der Waals surface area contributed by atoms with Crippen LogP contribution in [0.4, 0.5) is 5.95 Å². The summed E-state index contributed by atoms with van der Waals surface area (Å²) in [6.45, 7) is 4.30. The summed E-state index contributed by atoms with van der Waals surface area (Å²) in [5.41, 5.74) is 4.93. The summed E-state index contributed by atoms with van der Waals surface area (Å²) in [6.07, 6.45) is 3.75. The van der Waals surface area contributed by atoms with Crippen LogP contribution in [0, 0.1) is 0 Å². The second kappa shape index (κ2) is 6.76. The van der Waals surface area contributed by atoms with Gasteiger partial charge in [-0.25, -0.2) is 9.97 Å². The zero-order valence-electron chi connectivity index (χ0n) is 16.0. The van der Waals surface area contributed by atoms with Crippen LogP contribution in [0.1, 0.15) is 6.92 Å². The van der Waals surface area contributed by atoms with E-state index in [1.165, 1.54) is 0 Å². The minimum atomic E-state index is 0.228. The van der Waals surface area contributed by atoms with E-state index in [1.807, 2.05) is 30.1 Å². The van der Waals surface area contributed by atoms with Crippen LogP contribution >= 0.6 is 0 Å². The molecule has 7 heteroatoms. The smallest absolute Gasteiger partial charge is 0.226 e. The van der Waals surface area contributed by atoms with Crippen molar-refractivity contribution in [3.05, 3.63) is 48.8 Å². The molecule has 0 amide bonds. The Morgan fingerprint density at radius 3 is 2.86 bits per heavy atom. The van der Waals surface area contributed by atoms with Crippen molar-refractivity contribution >= 4 is 16.9 Å². The van der Waals surface area contributed by atoms with Crippen molar-refractivity contribution in [3.63, 3.8) is 0 Å². The maximum absolute atomic E-state index is 5.60. The Kier molecular flexibility index (Phi) is 4.09. The molecule has 1 saturated heterocycles. The number of benzene rings is 1. The highest BCUT2D eigenvalue weighted by Crippen LogP contribution is 2.31. The number of aromatic nitrogens is 5. The number of hydrogen-bond acceptors (Lipinski definition) is 5. The summed E-state index contributed by atoms with van der Waals surface area (Å²) in [5, 5.41) is 5.46. The number of nitrogens with one attached hydrogen (secondary N) is 1. The van der Waals surface area contributed by atoms with Gasteiger partial charge < -0.3 is 14.6 Å². The van der Waals surface area contributed by atoms with E-state index in [-0.39, 0.29) is 6.04 Å². The van der Waals surface area contributed by atoms with Crippen molar-refractivity contribution in [3.8, 4) is 22.6 Å². The highest BCUT2D eigenvalue weighted by Gasteiger charge is 2.23. The quantitative estimate of drug-likeness (QED) is 0.596. The van der Waals surface area contributed by atoms with Crippen LogP contribution < -0.4 is 4.90 Å². The van der Waals surface area contributed by atoms with Gasteiger partial charge in [-0.1, -0.05) is 12.1 Å². The number of nitrogens with zero attached hydrogens (tertiary/aromatic N) is 5. The van der Waals surface area contributed by atoms with Crippen LogP contribution in [0.3, 0.4) is 0 Å². The Labute approximate surface area is 163 Å². The third kappa shape index (κ3) is 2.84. The van der Waals surface area contributed by atoms with Gasteiger partial charge in [0.2, 0.25) is 5.95 Å². The monoisotopic (exact) mass is 374 g/mol. The average molecular weight is 374 g/mol. The molecule has 0 saturated carbocycles. The molecule has 1 atom stereocenters. The molecule has 0 unspecified atom stereocenters. The zero-order valence-corrected chi connectivity index (χ0v) is 16.0. The fourth-order valence-electron chi connectivity index (χ4n) is 3.79. The molecule has 7 nitrogen and oxygen atoms in total. The first kappa shape index (κ1) is 16.9. The number of anilines is 1. The number of aryl methyl sites for hydroxylation is 1. The van der Waals surface area contributed by atoms with Gasteiger partial charge in [-0.3, -0.25) is 4.68 Å². The fourth-order valence-corrected chi connectivity index (χ4v) is 3.79. The molecule has 4 aromatic rings. The van der Waals surface area contributed by atoms with Gasteiger partial charge in [-0.15, -0.1) is 0 Å². The first-order valence-electron chi connectivity index (χ1n) is 9.49. The standard InChI is InChI=1S/C21H22N6O/c1-14-13-28-11-10-27(14)21-24-18(12-19(25-21)20-7-9-23-26(20)2)15-4-3-5-17-16(15)6-8-22-17/h3-9,12,14,22H,10-11,13H2,1-2H3/t14-/m1/s1. The molecule has 1 fully saturated rings. The van der Waals surface area contributed by atoms with Gasteiger partial charge in [0.15, 0.2) is 0 Å². The van der Waals surface area contributed by atoms with Gasteiger partial charge in [-0.05, 0) is 31.2 Å². The molecule has 4 heterocycles. The minimum absolute atomic E-state index is 0.228. The van der Waals surface area contributed by atoms with Gasteiger partial charge >= 0.3 is 0 Å². The lowest BCUT2D eigenvalue weighted by Crippen LogP contribution is -2.44. The molecule has 3 aromatic heterocycles. The van der Waals surface area contributed by atoms with Crippen molar-refractivity contribution in [2.24, 2.45) is 7.05 Å². The number of fused-ring (bicyclic) bond motifs is 1. The molecular formula is C21H22N6O. The number of H-pyrrole nitrogens is 1. The lowest BCUT2D eigenvalue weighted by atomic mass is 10.1. The minimum Gasteiger partial charge on any atom is -0.377 e. The number of morpholine rings is 1. The first-order chi connectivity index (χ1) is 13.7. The number of hydrogen-bond donors (Lipinski definition) is 1. The second-order valence-corrected chi connectivity index (χ2v) is 7.14. The normalized spacial score (nSPS) is 17.4. The first-order valence-corrected chi connectivity index (χ1v) is 9.49. The Hall–Kier alpha value is -3.19. The summed E-state index contributed by atoms with van der Waals surface area (Å²) in [4.78, 5) is 15.4. The molecule has 0 spiro atoms. The molecule has 0 bridgehead atoms. The maximum atomic E-state index is 5.60. The molecular weight excluding hydrogens is 352 g/mol. The van der Waals surface area contributed by atoms with E-state index >= 15 is 0 Å². The SMILES string of the molecule is C[C@@H]1COCCN1c1nc(-c2cccc3[nH]ccc23)cc(-c2ccnn2C)n1. The number of aromatic amines is 1. The van der Waals surface area contributed by atoms with Crippen LogP contribution in [-0.4, -0.2) is 50.5 Å². The summed E-state index contributed by atoms with van der Waals surface area (Å²) in [5.74, 6) is 0.733. The molecule has 0 aliphatic carbocycles. The van der Waals surface area contributed by atoms with Crippen LogP contribution in [0.15, 0.2) is 48.8 Å². The zero-order chi connectivity index (χ0) is 19.1.